The summed E-state index contributed by atoms with van der Waals surface area (Å²) < 4.78 is 0. The fourth-order valence-electron chi connectivity index (χ4n) is 3.69. The van der Waals surface area contributed by atoms with Crippen molar-refractivity contribution < 1.29 is 0 Å². The van der Waals surface area contributed by atoms with Gasteiger partial charge < -0.3 is 5.32 Å². The predicted octanol–water partition coefficient (Wildman–Crippen LogP) is 3.25. The first-order chi connectivity index (χ1) is 9.87. The van der Waals surface area contributed by atoms with Gasteiger partial charge in [-0.25, -0.2) is 0 Å². The van der Waals surface area contributed by atoms with Gasteiger partial charge in [-0.3, -0.25) is 9.97 Å². The molecule has 0 aliphatic heterocycles. The van der Waals surface area contributed by atoms with Gasteiger partial charge >= 0.3 is 0 Å². The monoisotopic (exact) mass is 267 g/mol. The normalized spacial score (nSPS) is 18.9. The third-order valence-corrected chi connectivity index (χ3v) is 4.56. The van der Waals surface area contributed by atoms with Crippen molar-refractivity contribution >= 4 is 0 Å². The van der Waals surface area contributed by atoms with Crippen molar-refractivity contribution in [3.63, 3.8) is 0 Å². The Kier molecular flexibility index (Phi) is 3.79. The second-order valence-corrected chi connectivity index (χ2v) is 5.58. The molecule has 1 atom stereocenters. The van der Waals surface area contributed by atoms with Crippen molar-refractivity contribution in [1.29, 1.82) is 0 Å². The van der Waals surface area contributed by atoms with Gasteiger partial charge in [-0.15, -0.1) is 0 Å². The zero-order valence-electron chi connectivity index (χ0n) is 11.9. The van der Waals surface area contributed by atoms with Gasteiger partial charge in [-0.1, -0.05) is 43.2 Å². The molecule has 1 heterocycles. The molecule has 0 bridgehead atoms. The van der Waals surface area contributed by atoms with E-state index in [1.165, 1.54) is 31.2 Å². The van der Waals surface area contributed by atoms with E-state index in [9.17, 15) is 0 Å². The van der Waals surface area contributed by atoms with E-state index < -0.39 is 0 Å². The van der Waals surface area contributed by atoms with Crippen LogP contribution in [0.15, 0.2) is 48.9 Å². The van der Waals surface area contributed by atoms with E-state index in [1.807, 2.05) is 13.2 Å². The maximum Gasteiger partial charge on any atom is 0.0765 e. The highest BCUT2D eigenvalue weighted by molar-refractivity contribution is 5.31. The van der Waals surface area contributed by atoms with Crippen molar-refractivity contribution in [2.24, 2.45) is 0 Å². The van der Waals surface area contributed by atoms with E-state index in [-0.39, 0.29) is 11.5 Å². The summed E-state index contributed by atoms with van der Waals surface area (Å²) in [5.41, 5.74) is 2.61. The Balaban J connectivity index is 2.06. The van der Waals surface area contributed by atoms with Crippen LogP contribution in [0.3, 0.4) is 0 Å². The molecule has 1 aromatic heterocycles. The molecule has 0 saturated heterocycles. The molecule has 3 heteroatoms. The lowest BCUT2D eigenvalue weighted by Gasteiger charge is -2.37. The lowest BCUT2D eigenvalue weighted by molar-refractivity contribution is 0.309. The van der Waals surface area contributed by atoms with Crippen LogP contribution in [0.4, 0.5) is 0 Å². The average molecular weight is 267 g/mol. The maximum atomic E-state index is 4.54. The van der Waals surface area contributed by atoms with Gasteiger partial charge in [-0.2, -0.15) is 0 Å². The second kappa shape index (κ2) is 5.71. The Morgan fingerprint density at radius 2 is 1.85 bits per heavy atom. The predicted molar refractivity (Wildman–Crippen MR) is 80.4 cm³/mol. The van der Waals surface area contributed by atoms with Crippen LogP contribution in [0.25, 0.3) is 0 Å². The van der Waals surface area contributed by atoms with E-state index in [1.54, 1.807) is 12.4 Å². The fraction of sp³-hybridized carbons (Fsp3) is 0.412. The average Bonchev–Trinajstić information content (AvgIpc) is 3.01. The summed E-state index contributed by atoms with van der Waals surface area (Å²) >= 11 is 0. The summed E-state index contributed by atoms with van der Waals surface area (Å²) in [7, 11) is 2.03. The van der Waals surface area contributed by atoms with Crippen LogP contribution in [0.5, 0.6) is 0 Å². The first kappa shape index (κ1) is 13.3. The first-order valence-electron chi connectivity index (χ1n) is 7.35. The third-order valence-electron chi connectivity index (χ3n) is 4.56. The van der Waals surface area contributed by atoms with Crippen LogP contribution in [0, 0.1) is 0 Å². The SMILES string of the molecule is CNC(c1cnccn1)C1(c2ccccc2)CCCC1. The zero-order chi connectivity index (χ0) is 13.8. The van der Waals surface area contributed by atoms with Crippen LogP contribution in [0.1, 0.15) is 43.0 Å². The molecule has 0 radical (unpaired) electrons. The van der Waals surface area contributed by atoms with Gasteiger partial charge in [0.1, 0.15) is 0 Å². The van der Waals surface area contributed by atoms with E-state index in [0.29, 0.717) is 0 Å². The number of aromatic nitrogens is 2. The number of nitrogens with one attached hydrogen (secondary N) is 1. The van der Waals surface area contributed by atoms with Gasteiger partial charge in [0.2, 0.25) is 0 Å². The van der Waals surface area contributed by atoms with Gasteiger partial charge in [0.15, 0.2) is 0 Å². The number of hydrogen-bond acceptors (Lipinski definition) is 3. The van der Waals surface area contributed by atoms with Crippen LogP contribution in [0.2, 0.25) is 0 Å². The smallest absolute Gasteiger partial charge is 0.0765 e. The zero-order valence-corrected chi connectivity index (χ0v) is 11.9. The Morgan fingerprint density at radius 3 is 2.45 bits per heavy atom. The van der Waals surface area contributed by atoms with E-state index in [4.69, 9.17) is 0 Å². The minimum atomic E-state index is 0.145. The highest BCUT2D eigenvalue weighted by Crippen LogP contribution is 2.48. The van der Waals surface area contributed by atoms with Gasteiger partial charge in [0.05, 0.1) is 11.7 Å². The summed E-state index contributed by atoms with van der Waals surface area (Å²) in [6.07, 6.45) is 10.4. The molecule has 1 saturated carbocycles. The number of nitrogens with zero attached hydrogens (tertiary/aromatic N) is 2. The second-order valence-electron chi connectivity index (χ2n) is 5.58. The van der Waals surface area contributed by atoms with Crippen LogP contribution in [-0.2, 0) is 5.41 Å². The highest BCUT2D eigenvalue weighted by atomic mass is 14.9. The molecule has 1 fully saturated rings. The molecule has 20 heavy (non-hydrogen) atoms. The lowest BCUT2D eigenvalue weighted by atomic mass is 9.71. The van der Waals surface area contributed by atoms with Crippen LogP contribution < -0.4 is 5.32 Å². The number of likely N-dealkylation sites (N-methyl/N-ethyl adjacent to an activating group) is 1. The largest absolute Gasteiger partial charge is 0.311 e. The van der Waals surface area contributed by atoms with Gasteiger partial charge in [-0.05, 0) is 25.5 Å². The Bertz CT molecular complexity index is 533. The molecule has 3 nitrogen and oxygen atoms in total. The fourth-order valence-corrected chi connectivity index (χ4v) is 3.69. The van der Waals surface area contributed by atoms with Crippen molar-refractivity contribution in [2.45, 2.75) is 37.1 Å². The van der Waals surface area contributed by atoms with Gasteiger partial charge in [0.25, 0.3) is 0 Å². The highest BCUT2D eigenvalue weighted by Gasteiger charge is 2.43. The van der Waals surface area contributed by atoms with Crippen LogP contribution in [-0.4, -0.2) is 17.0 Å². The molecular formula is C17H21N3. The Labute approximate surface area is 120 Å². The third kappa shape index (κ3) is 2.22. The molecule has 1 unspecified atom stereocenters. The van der Waals surface area contributed by atoms with Crippen molar-refractivity contribution in [2.75, 3.05) is 7.05 Å². The minimum Gasteiger partial charge on any atom is -0.311 e. The number of benzene rings is 1. The molecule has 1 N–H and O–H groups in total. The minimum absolute atomic E-state index is 0.145. The van der Waals surface area contributed by atoms with E-state index in [0.717, 1.165) is 5.69 Å². The molecule has 0 spiro atoms. The molecule has 3 rings (SSSR count). The molecule has 1 aromatic carbocycles. The van der Waals surface area contributed by atoms with Crippen molar-refractivity contribution in [1.82, 2.24) is 15.3 Å². The summed E-state index contributed by atoms with van der Waals surface area (Å²) in [4.78, 5) is 8.79. The first-order valence-corrected chi connectivity index (χ1v) is 7.35. The van der Waals surface area contributed by atoms with E-state index >= 15 is 0 Å². The van der Waals surface area contributed by atoms with E-state index in [2.05, 4.69) is 45.6 Å². The molecule has 0 amide bonds. The number of hydrogen-bond donors (Lipinski definition) is 1. The standard InChI is InChI=1S/C17H21N3/c1-18-16(15-13-19-11-12-20-15)17(9-5-6-10-17)14-7-3-2-4-8-14/h2-4,7-8,11-13,16,18H,5-6,9-10H2,1H3. The maximum absolute atomic E-state index is 4.54. The summed E-state index contributed by atoms with van der Waals surface area (Å²) in [6.45, 7) is 0. The molecule has 104 valence electrons. The summed E-state index contributed by atoms with van der Waals surface area (Å²) in [5, 5.41) is 3.50. The van der Waals surface area contributed by atoms with Gasteiger partial charge in [0, 0.05) is 24.0 Å². The quantitative estimate of drug-likeness (QED) is 0.924. The number of rotatable bonds is 4. The molecule has 2 aromatic rings. The Morgan fingerprint density at radius 1 is 1.10 bits per heavy atom. The lowest BCUT2D eigenvalue weighted by Crippen LogP contribution is -2.39. The molecule has 1 aliphatic carbocycles. The van der Waals surface area contributed by atoms with Crippen molar-refractivity contribution in [3.8, 4) is 0 Å². The summed E-state index contributed by atoms with van der Waals surface area (Å²) in [6, 6.07) is 11.1. The Hall–Kier alpha value is -1.74. The summed E-state index contributed by atoms with van der Waals surface area (Å²) in [5.74, 6) is 0. The molecule has 1 aliphatic rings. The topological polar surface area (TPSA) is 37.8 Å². The molecular weight excluding hydrogens is 246 g/mol. The van der Waals surface area contributed by atoms with Crippen LogP contribution >= 0.6 is 0 Å². The van der Waals surface area contributed by atoms with Crippen molar-refractivity contribution in [3.05, 3.63) is 60.2 Å².